The van der Waals surface area contributed by atoms with Gasteiger partial charge in [-0.3, -0.25) is 0 Å². The molecule has 0 atom stereocenters. The third-order valence-corrected chi connectivity index (χ3v) is 1.90. The molecule has 0 saturated heterocycles. The fourth-order valence-corrected chi connectivity index (χ4v) is 1.24. The number of nitrogen functional groups attached to an aromatic ring is 1. The Hall–Kier alpha value is -1.16. The number of hydrogen-bond acceptors (Lipinski definition) is 4. The van der Waals surface area contributed by atoms with Gasteiger partial charge in [0.25, 0.3) is 0 Å². The minimum atomic E-state index is 0. The minimum Gasteiger partial charge on any atom is -0.488 e. The van der Waals surface area contributed by atoms with Crippen LogP contribution in [-0.2, 0) is 0 Å². The number of ether oxygens (including phenoxy) is 1. The zero-order valence-electron chi connectivity index (χ0n) is 7.36. The number of nitrogens with two attached hydrogens (primary N) is 1. The van der Waals surface area contributed by atoms with Crippen molar-refractivity contribution in [2.45, 2.75) is 0 Å². The average Bonchev–Trinajstić information content (AvgIpc) is 2.04. The minimum absolute atomic E-state index is 0. The van der Waals surface area contributed by atoms with Crippen LogP contribution in [0, 0.1) is 0 Å². The van der Waals surface area contributed by atoms with Crippen LogP contribution >= 0.6 is 12.4 Å². The van der Waals surface area contributed by atoms with Crippen molar-refractivity contribution in [2.24, 2.45) is 0 Å². The Morgan fingerprint density at radius 1 is 1.62 bits per heavy atom. The molecule has 0 aliphatic carbocycles. The zero-order valence-corrected chi connectivity index (χ0v) is 8.17. The molecule has 5 heteroatoms. The molecule has 0 saturated carbocycles. The monoisotopic (exact) mass is 201 g/mol. The summed E-state index contributed by atoms with van der Waals surface area (Å²) in [7, 11) is 1.99. The fraction of sp³-hybridized carbons (Fsp3) is 0.375. The number of anilines is 2. The van der Waals surface area contributed by atoms with Crippen LogP contribution in [0.3, 0.4) is 0 Å². The molecule has 72 valence electrons. The van der Waals surface area contributed by atoms with Gasteiger partial charge in [0.15, 0.2) is 11.6 Å². The van der Waals surface area contributed by atoms with Crippen LogP contribution in [0.15, 0.2) is 12.3 Å². The predicted molar refractivity (Wildman–Crippen MR) is 54.7 cm³/mol. The molecule has 13 heavy (non-hydrogen) atoms. The van der Waals surface area contributed by atoms with Gasteiger partial charge >= 0.3 is 0 Å². The van der Waals surface area contributed by atoms with Crippen molar-refractivity contribution < 1.29 is 4.74 Å². The van der Waals surface area contributed by atoms with E-state index < -0.39 is 0 Å². The van der Waals surface area contributed by atoms with Crippen molar-refractivity contribution in [3.8, 4) is 5.75 Å². The normalized spacial score (nSPS) is 14.1. The van der Waals surface area contributed by atoms with E-state index in [1.54, 1.807) is 12.3 Å². The molecule has 0 fully saturated rings. The molecule has 1 aromatic rings. The van der Waals surface area contributed by atoms with Crippen LogP contribution in [-0.4, -0.2) is 25.2 Å². The Bertz CT molecular complexity index is 305. The van der Waals surface area contributed by atoms with Gasteiger partial charge in [-0.15, -0.1) is 12.4 Å². The van der Waals surface area contributed by atoms with E-state index in [4.69, 9.17) is 10.5 Å². The molecule has 2 rings (SSSR count). The number of hydrogen-bond donors (Lipinski definition) is 1. The highest BCUT2D eigenvalue weighted by atomic mass is 35.5. The Morgan fingerprint density at radius 3 is 3.15 bits per heavy atom. The van der Waals surface area contributed by atoms with Crippen molar-refractivity contribution in [2.75, 3.05) is 30.8 Å². The molecule has 2 heterocycles. The Labute approximate surface area is 83.1 Å². The van der Waals surface area contributed by atoms with Gasteiger partial charge in [0.2, 0.25) is 0 Å². The summed E-state index contributed by atoms with van der Waals surface area (Å²) < 4.78 is 5.39. The number of aromatic nitrogens is 1. The second-order valence-corrected chi connectivity index (χ2v) is 2.86. The quantitative estimate of drug-likeness (QED) is 0.678. The van der Waals surface area contributed by atoms with Gasteiger partial charge in [-0.05, 0) is 0 Å². The molecular formula is C8H12ClN3O. The van der Waals surface area contributed by atoms with Crippen LogP contribution in [0.2, 0.25) is 0 Å². The molecule has 0 radical (unpaired) electrons. The lowest BCUT2D eigenvalue weighted by molar-refractivity contribution is 0.309. The number of pyridine rings is 1. The second-order valence-electron chi connectivity index (χ2n) is 2.86. The smallest absolute Gasteiger partial charge is 0.171 e. The third-order valence-electron chi connectivity index (χ3n) is 1.90. The van der Waals surface area contributed by atoms with Crippen LogP contribution in [0.1, 0.15) is 0 Å². The Morgan fingerprint density at radius 2 is 2.38 bits per heavy atom. The summed E-state index contributed by atoms with van der Waals surface area (Å²) in [6, 6.07) is 1.80. The van der Waals surface area contributed by atoms with Crippen molar-refractivity contribution in [1.29, 1.82) is 0 Å². The third kappa shape index (κ3) is 1.78. The van der Waals surface area contributed by atoms with Crippen molar-refractivity contribution in [3.05, 3.63) is 12.3 Å². The van der Waals surface area contributed by atoms with E-state index in [-0.39, 0.29) is 12.4 Å². The van der Waals surface area contributed by atoms with E-state index in [9.17, 15) is 0 Å². The van der Waals surface area contributed by atoms with E-state index >= 15 is 0 Å². The Kier molecular flexibility index (Phi) is 2.83. The van der Waals surface area contributed by atoms with E-state index in [0.717, 1.165) is 18.1 Å². The van der Waals surface area contributed by atoms with Gasteiger partial charge in [-0.2, -0.15) is 0 Å². The molecule has 0 spiro atoms. The maximum Gasteiger partial charge on any atom is 0.171 e. The molecule has 4 nitrogen and oxygen atoms in total. The summed E-state index contributed by atoms with van der Waals surface area (Å²) in [5.41, 5.74) is 6.21. The first-order chi connectivity index (χ1) is 5.77. The van der Waals surface area contributed by atoms with Crippen molar-refractivity contribution >= 4 is 23.9 Å². The summed E-state index contributed by atoms with van der Waals surface area (Å²) in [6.07, 6.45) is 1.64. The van der Waals surface area contributed by atoms with E-state index in [1.165, 1.54) is 0 Å². The summed E-state index contributed by atoms with van der Waals surface area (Å²) in [6.45, 7) is 1.58. The molecular weight excluding hydrogens is 190 g/mol. The predicted octanol–water partition coefficient (Wildman–Crippen LogP) is 0.914. The molecule has 1 aliphatic heterocycles. The number of nitrogens with zero attached hydrogens (tertiary/aromatic N) is 2. The maximum absolute atomic E-state index is 5.57. The van der Waals surface area contributed by atoms with Gasteiger partial charge in [0, 0.05) is 13.1 Å². The van der Waals surface area contributed by atoms with Crippen LogP contribution in [0.4, 0.5) is 11.5 Å². The molecule has 0 unspecified atom stereocenters. The lowest BCUT2D eigenvalue weighted by Crippen LogP contribution is -2.29. The number of likely N-dealkylation sites (N-methyl/N-ethyl adjacent to an activating group) is 1. The number of halogens is 1. The first-order valence-electron chi connectivity index (χ1n) is 3.87. The topological polar surface area (TPSA) is 51.4 Å². The fourth-order valence-electron chi connectivity index (χ4n) is 1.24. The van der Waals surface area contributed by atoms with Gasteiger partial charge in [0.05, 0.1) is 18.4 Å². The lowest BCUT2D eigenvalue weighted by atomic mass is 10.3. The van der Waals surface area contributed by atoms with Gasteiger partial charge in [0.1, 0.15) is 6.61 Å². The SMILES string of the molecule is CN1CCOc2cc(N)cnc21.Cl. The van der Waals surface area contributed by atoms with E-state index in [2.05, 4.69) is 9.88 Å². The van der Waals surface area contributed by atoms with Gasteiger partial charge in [-0.25, -0.2) is 4.98 Å². The van der Waals surface area contributed by atoms with E-state index in [1.807, 2.05) is 7.05 Å². The van der Waals surface area contributed by atoms with Gasteiger partial charge in [-0.1, -0.05) is 0 Å². The molecule has 2 N–H and O–H groups in total. The largest absolute Gasteiger partial charge is 0.488 e. The second kappa shape index (κ2) is 3.70. The maximum atomic E-state index is 5.57. The molecule has 1 aliphatic rings. The van der Waals surface area contributed by atoms with Crippen LogP contribution in [0.25, 0.3) is 0 Å². The highest BCUT2D eigenvalue weighted by molar-refractivity contribution is 5.85. The van der Waals surface area contributed by atoms with Crippen LogP contribution < -0.4 is 15.4 Å². The number of fused-ring (bicyclic) bond motifs is 1. The Balaban J connectivity index is 0.000000845. The lowest BCUT2D eigenvalue weighted by Gasteiger charge is -2.26. The number of rotatable bonds is 0. The van der Waals surface area contributed by atoms with Crippen LogP contribution in [0.5, 0.6) is 5.75 Å². The highest BCUT2D eigenvalue weighted by Gasteiger charge is 2.15. The summed E-state index contributed by atoms with van der Waals surface area (Å²) >= 11 is 0. The average molecular weight is 202 g/mol. The standard InChI is InChI=1S/C8H11N3O.ClH/c1-11-2-3-12-7-4-6(9)5-10-8(7)11;/h4-5H,2-3,9H2,1H3;1H. The summed E-state index contributed by atoms with van der Waals surface area (Å²) in [5.74, 6) is 1.65. The first-order valence-corrected chi connectivity index (χ1v) is 3.87. The van der Waals surface area contributed by atoms with Crippen molar-refractivity contribution in [1.82, 2.24) is 4.98 Å². The summed E-state index contributed by atoms with van der Waals surface area (Å²) in [5, 5.41) is 0. The molecule has 1 aromatic heterocycles. The van der Waals surface area contributed by atoms with Gasteiger partial charge < -0.3 is 15.4 Å². The zero-order chi connectivity index (χ0) is 8.55. The molecule has 0 aromatic carbocycles. The summed E-state index contributed by atoms with van der Waals surface area (Å²) in [4.78, 5) is 6.23. The van der Waals surface area contributed by atoms with E-state index in [0.29, 0.717) is 12.3 Å². The molecule has 0 bridgehead atoms. The first kappa shape index (κ1) is 9.92. The highest BCUT2D eigenvalue weighted by Crippen LogP contribution is 2.29. The van der Waals surface area contributed by atoms with Crippen molar-refractivity contribution in [3.63, 3.8) is 0 Å². The molecule has 0 amide bonds.